The predicted octanol–water partition coefficient (Wildman–Crippen LogP) is 3.41. The molecule has 1 aliphatic heterocycles. The average molecular weight is 419 g/mol. The molecule has 1 N–H and O–H groups in total. The zero-order chi connectivity index (χ0) is 19.9. The van der Waals surface area contributed by atoms with Gasteiger partial charge in [0.25, 0.3) is 5.91 Å². The Balaban J connectivity index is 1.61. The molecule has 1 aliphatic rings. The molecule has 2 aromatic carbocycles. The number of halogens is 1. The number of hydrogen-bond acceptors (Lipinski definition) is 4. The number of rotatable bonds is 3. The minimum atomic E-state index is -3.31. The fourth-order valence-corrected chi connectivity index (χ4v) is 5.18. The molecule has 28 heavy (non-hydrogen) atoms. The van der Waals surface area contributed by atoms with Crippen LogP contribution in [0.3, 0.4) is 0 Å². The van der Waals surface area contributed by atoms with Gasteiger partial charge < -0.3 is 9.88 Å². The second kappa shape index (κ2) is 7.10. The third kappa shape index (κ3) is 3.45. The van der Waals surface area contributed by atoms with Crippen LogP contribution in [-0.4, -0.2) is 36.2 Å². The number of amides is 1. The molecule has 1 aromatic heterocycles. The first kappa shape index (κ1) is 18.8. The van der Waals surface area contributed by atoms with Crippen LogP contribution < -0.4 is 9.62 Å². The number of imidazole rings is 1. The van der Waals surface area contributed by atoms with E-state index in [0.29, 0.717) is 34.9 Å². The van der Waals surface area contributed by atoms with E-state index in [-0.39, 0.29) is 17.5 Å². The Morgan fingerprint density at radius 2 is 2.00 bits per heavy atom. The van der Waals surface area contributed by atoms with Crippen LogP contribution in [0.25, 0.3) is 11.0 Å². The maximum atomic E-state index is 12.7. The summed E-state index contributed by atoms with van der Waals surface area (Å²) in [5.74, 6) is 0.00757. The number of nitrogens with one attached hydrogen (secondary N) is 1. The average Bonchev–Trinajstić information content (AvgIpc) is 2.97. The zero-order valence-electron chi connectivity index (χ0n) is 15.2. The number of benzene rings is 2. The van der Waals surface area contributed by atoms with Crippen molar-refractivity contribution in [2.24, 2.45) is 7.05 Å². The lowest BCUT2D eigenvalue weighted by Crippen LogP contribution is -2.37. The van der Waals surface area contributed by atoms with Crippen molar-refractivity contribution in [3.63, 3.8) is 0 Å². The lowest BCUT2D eigenvalue weighted by Gasteiger charge is -2.28. The zero-order valence-corrected chi connectivity index (χ0v) is 16.8. The van der Waals surface area contributed by atoms with Crippen LogP contribution in [0, 0.1) is 0 Å². The van der Waals surface area contributed by atoms with Gasteiger partial charge in [-0.3, -0.25) is 9.10 Å². The third-order valence-electron chi connectivity index (χ3n) is 4.79. The first-order valence-corrected chi connectivity index (χ1v) is 10.9. The number of nitrogens with zero attached hydrogens (tertiary/aromatic N) is 3. The summed E-state index contributed by atoms with van der Waals surface area (Å²) in [7, 11) is -1.55. The summed E-state index contributed by atoms with van der Waals surface area (Å²) in [6.07, 6.45) is 1.49. The highest BCUT2D eigenvalue weighted by Crippen LogP contribution is 2.26. The van der Waals surface area contributed by atoms with Crippen LogP contribution in [0.1, 0.15) is 23.5 Å². The van der Waals surface area contributed by atoms with E-state index in [9.17, 15) is 13.2 Å². The number of hydrogen-bond donors (Lipinski definition) is 1. The molecule has 3 aromatic rings. The number of fused-ring (bicyclic) bond motifs is 1. The molecule has 0 bridgehead atoms. The maximum absolute atomic E-state index is 12.7. The Hall–Kier alpha value is -2.58. The maximum Gasteiger partial charge on any atom is 0.291 e. The van der Waals surface area contributed by atoms with E-state index in [4.69, 9.17) is 11.6 Å². The summed E-state index contributed by atoms with van der Waals surface area (Å²) in [6.45, 7) is 0.450. The van der Waals surface area contributed by atoms with Crippen molar-refractivity contribution in [3.8, 4) is 0 Å². The second-order valence-corrected chi connectivity index (χ2v) is 9.18. The van der Waals surface area contributed by atoms with E-state index >= 15 is 0 Å². The Kier molecular flexibility index (Phi) is 4.76. The molecule has 7 nitrogen and oxygen atoms in total. The lowest BCUT2D eigenvalue weighted by atomic mass is 10.2. The van der Waals surface area contributed by atoms with E-state index in [1.165, 1.54) is 4.31 Å². The first-order valence-electron chi connectivity index (χ1n) is 8.89. The summed E-state index contributed by atoms with van der Waals surface area (Å²) in [6, 6.07) is 12.1. The summed E-state index contributed by atoms with van der Waals surface area (Å²) in [5.41, 5.74) is 2.48. The fraction of sp³-hybridized carbons (Fsp3) is 0.263. The fourth-order valence-electron chi connectivity index (χ4n) is 3.38. The van der Waals surface area contributed by atoms with Crippen LogP contribution in [0.4, 0.5) is 11.4 Å². The van der Waals surface area contributed by atoms with Crippen LogP contribution in [0.5, 0.6) is 0 Å². The van der Waals surface area contributed by atoms with Gasteiger partial charge in [-0.2, -0.15) is 0 Å². The Morgan fingerprint density at radius 3 is 2.79 bits per heavy atom. The first-order chi connectivity index (χ1) is 13.3. The van der Waals surface area contributed by atoms with Crippen molar-refractivity contribution in [2.45, 2.75) is 12.8 Å². The van der Waals surface area contributed by atoms with Crippen LogP contribution >= 0.6 is 11.6 Å². The topological polar surface area (TPSA) is 84.3 Å². The number of anilines is 2. The van der Waals surface area contributed by atoms with Gasteiger partial charge in [-0.15, -0.1) is 0 Å². The molecule has 0 unspecified atom stereocenters. The highest BCUT2D eigenvalue weighted by atomic mass is 35.5. The monoisotopic (exact) mass is 418 g/mol. The molecule has 146 valence electrons. The summed E-state index contributed by atoms with van der Waals surface area (Å²) >= 11 is 6.00. The largest absolute Gasteiger partial charge is 0.323 e. The van der Waals surface area contributed by atoms with Gasteiger partial charge in [0, 0.05) is 24.3 Å². The van der Waals surface area contributed by atoms with Crippen molar-refractivity contribution in [3.05, 3.63) is 53.3 Å². The van der Waals surface area contributed by atoms with Gasteiger partial charge in [0.1, 0.15) is 0 Å². The van der Waals surface area contributed by atoms with Gasteiger partial charge in [0.2, 0.25) is 10.0 Å². The molecule has 1 amide bonds. The molecular formula is C19H19ClN4O3S. The van der Waals surface area contributed by atoms with E-state index < -0.39 is 10.0 Å². The highest BCUT2D eigenvalue weighted by Gasteiger charge is 2.26. The molecule has 0 radical (unpaired) electrons. The summed E-state index contributed by atoms with van der Waals surface area (Å²) in [5, 5.41) is 3.35. The van der Waals surface area contributed by atoms with Gasteiger partial charge in [0.15, 0.2) is 5.82 Å². The highest BCUT2D eigenvalue weighted by molar-refractivity contribution is 7.92. The van der Waals surface area contributed by atoms with Crippen molar-refractivity contribution < 1.29 is 13.2 Å². The van der Waals surface area contributed by atoms with Gasteiger partial charge >= 0.3 is 0 Å². The molecule has 4 rings (SSSR count). The van der Waals surface area contributed by atoms with Crippen LogP contribution in [0.2, 0.25) is 5.02 Å². The molecule has 0 atom stereocenters. The van der Waals surface area contributed by atoms with Crippen LogP contribution in [-0.2, 0) is 17.1 Å². The lowest BCUT2D eigenvalue weighted by molar-refractivity contribution is 0.101. The molecule has 1 fully saturated rings. The molecule has 0 saturated carbocycles. The van der Waals surface area contributed by atoms with Gasteiger partial charge in [-0.05, 0) is 49.2 Å². The molecular weight excluding hydrogens is 400 g/mol. The minimum Gasteiger partial charge on any atom is -0.323 e. The van der Waals surface area contributed by atoms with E-state index in [1.807, 2.05) is 6.07 Å². The van der Waals surface area contributed by atoms with E-state index in [2.05, 4.69) is 10.3 Å². The smallest absolute Gasteiger partial charge is 0.291 e. The molecule has 1 saturated heterocycles. The van der Waals surface area contributed by atoms with Crippen molar-refractivity contribution >= 4 is 49.9 Å². The SMILES string of the molecule is Cn1c(C(=O)Nc2cccc(N3CCCCS3(=O)=O)c2)nc2cc(Cl)ccc21. The van der Waals surface area contributed by atoms with Crippen molar-refractivity contribution in [1.82, 2.24) is 9.55 Å². The van der Waals surface area contributed by atoms with E-state index in [1.54, 1.807) is 48.0 Å². The van der Waals surface area contributed by atoms with Gasteiger partial charge in [-0.1, -0.05) is 17.7 Å². The predicted molar refractivity (Wildman–Crippen MR) is 110 cm³/mol. The molecule has 9 heteroatoms. The standard InChI is InChI=1S/C19H19ClN4O3S/c1-23-17-8-7-13(20)11-16(17)22-18(23)19(25)21-14-5-4-6-15(12-14)24-9-2-3-10-28(24,26)27/h4-8,11-12H,2-3,9-10H2,1H3,(H,21,25). The number of sulfonamides is 1. The number of aryl methyl sites for hydroxylation is 1. The third-order valence-corrected chi connectivity index (χ3v) is 6.89. The molecule has 2 heterocycles. The van der Waals surface area contributed by atoms with Gasteiger partial charge in [-0.25, -0.2) is 13.4 Å². The quantitative estimate of drug-likeness (QED) is 0.706. The Morgan fingerprint density at radius 1 is 1.18 bits per heavy atom. The second-order valence-electron chi connectivity index (χ2n) is 6.73. The van der Waals surface area contributed by atoms with Crippen molar-refractivity contribution in [1.29, 1.82) is 0 Å². The number of aromatic nitrogens is 2. The van der Waals surface area contributed by atoms with Crippen LogP contribution in [0.15, 0.2) is 42.5 Å². The number of carbonyl (C=O) groups is 1. The van der Waals surface area contributed by atoms with Gasteiger partial charge in [0.05, 0.1) is 22.5 Å². The Bertz CT molecular complexity index is 1170. The number of carbonyl (C=O) groups excluding carboxylic acids is 1. The Labute approximate surface area is 168 Å². The van der Waals surface area contributed by atoms with E-state index in [0.717, 1.165) is 11.9 Å². The van der Waals surface area contributed by atoms with Crippen molar-refractivity contribution in [2.75, 3.05) is 21.9 Å². The summed E-state index contributed by atoms with van der Waals surface area (Å²) in [4.78, 5) is 17.1. The summed E-state index contributed by atoms with van der Waals surface area (Å²) < 4.78 is 27.7. The molecule has 0 spiro atoms. The minimum absolute atomic E-state index is 0.145. The normalized spacial score (nSPS) is 16.3. The molecule has 0 aliphatic carbocycles.